The Kier molecular flexibility index (Phi) is 5.13. The van der Waals surface area contributed by atoms with Crippen molar-refractivity contribution in [3.8, 4) is 11.1 Å². The van der Waals surface area contributed by atoms with Crippen molar-refractivity contribution < 1.29 is 0 Å². The van der Waals surface area contributed by atoms with Crippen molar-refractivity contribution in [1.29, 1.82) is 0 Å². The number of halogens is 2. The molecule has 1 aliphatic rings. The molecular weight excluding hydrogens is 506 g/mol. The minimum Gasteiger partial charge on any atom is -0.0812 e. The van der Waals surface area contributed by atoms with Gasteiger partial charge in [0.1, 0.15) is 0 Å². The van der Waals surface area contributed by atoms with Gasteiger partial charge in [-0.1, -0.05) is 109 Å². The van der Waals surface area contributed by atoms with E-state index in [-0.39, 0.29) is 5.41 Å². The first-order chi connectivity index (χ1) is 11.0. The Bertz CT molecular complexity index is 665. The van der Waals surface area contributed by atoms with Crippen molar-refractivity contribution in [3.63, 3.8) is 0 Å². The van der Waals surface area contributed by atoms with Crippen molar-refractivity contribution in [1.82, 2.24) is 0 Å². The van der Waals surface area contributed by atoms with E-state index in [4.69, 9.17) is 0 Å². The molecule has 2 aromatic rings. The van der Waals surface area contributed by atoms with Crippen LogP contribution in [0.5, 0.6) is 0 Å². The minimum absolute atomic E-state index is 0.133. The lowest BCUT2D eigenvalue weighted by Crippen LogP contribution is -2.37. The molecule has 0 fully saturated rings. The molecule has 0 heterocycles. The average Bonchev–Trinajstić information content (AvgIpc) is 2.84. The maximum Gasteiger partial charge on any atom is 0.0261 e. The standard InChI is InChI=1S/C21H24I2/c1-13(2)21(14(3)4)19-9-15(11-22)5-7-17(19)18-8-6-16(12-23)10-20(18)21/h5-10,13-14H,11-12H2,1-4H3. The fourth-order valence-electron chi connectivity index (χ4n) is 4.56. The molecule has 2 aromatic carbocycles. The maximum absolute atomic E-state index is 2.48. The van der Waals surface area contributed by atoms with Gasteiger partial charge < -0.3 is 0 Å². The monoisotopic (exact) mass is 530 g/mol. The molecule has 0 amide bonds. The number of rotatable bonds is 4. The zero-order chi connectivity index (χ0) is 16.8. The Morgan fingerprint density at radius 1 is 0.739 bits per heavy atom. The van der Waals surface area contributed by atoms with Gasteiger partial charge in [0, 0.05) is 14.3 Å². The highest BCUT2D eigenvalue weighted by molar-refractivity contribution is 14.1. The SMILES string of the molecule is CC(C)C1(C(C)C)c2cc(CI)ccc2-c2ccc(CI)cc21. The molecule has 3 rings (SSSR count). The molecule has 1 aliphatic carbocycles. The van der Waals surface area contributed by atoms with Crippen LogP contribution in [0, 0.1) is 11.8 Å². The van der Waals surface area contributed by atoms with E-state index in [1.54, 1.807) is 11.1 Å². The Hall–Kier alpha value is -0.100. The van der Waals surface area contributed by atoms with E-state index in [1.165, 1.54) is 22.3 Å². The van der Waals surface area contributed by atoms with Crippen LogP contribution in [0.2, 0.25) is 0 Å². The highest BCUT2D eigenvalue weighted by atomic mass is 127. The van der Waals surface area contributed by atoms with E-state index in [2.05, 4.69) is 109 Å². The molecule has 0 N–H and O–H groups in total. The normalized spacial score (nSPS) is 15.1. The summed E-state index contributed by atoms with van der Waals surface area (Å²) in [5.41, 5.74) is 9.03. The summed E-state index contributed by atoms with van der Waals surface area (Å²) in [6.45, 7) is 9.58. The summed E-state index contributed by atoms with van der Waals surface area (Å²) in [5, 5.41) is 0. The summed E-state index contributed by atoms with van der Waals surface area (Å²) in [6.07, 6.45) is 0. The van der Waals surface area contributed by atoms with Gasteiger partial charge in [-0.15, -0.1) is 0 Å². The predicted molar refractivity (Wildman–Crippen MR) is 118 cm³/mol. The molecule has 0 bridgehead atoms. The van der Waals surface area contributed by atoms with Gasteiger partial charge in [-0.3, -0.25) is 0 Å². The molecule has 0 aromatic heterocycles. The fourth-order valence-corrected chi connectivity index (χ4v) is 5.51. The van der Waals surface area contributed by atoms with Gasteiger partial charge in [-0.25, -0.2) is 0 Å². The van der Waals surface area contributed by atoms with Crippen molar-refractivity contribution in [2.45, 2.75) is 42.0 Å². The molecule has 0 atom stereocenters. The second-order valence-electron chi connectivity index (χ2n) is 7.21. The third-order valence-corrected chi connectivity index (χ3v) is 7.24. The third kappa shape index (κ3) is 2.59. The molecule has 0 nitrogen and oxygen atoms in total. The van der Waals surface area contributed by atoms with Gasteiger partial charge in [0.15, 0.2) is 0 Å². The van der Waals surface area contributed by atoms with Gasteiger partial charge in [0.2, 0.25) is 0 Å². The third-order valence-electron chi connectivity index (χ3n) is 5.48. The topological polar surface area (TPSA) is 0 Å². The Morgan fingerprint density at radius 3 is 1.43 bits per heavy atom. The van der Waals surface area contributed by atoms with Gasteiger partial charge in [-0.05, 0) is 45.2 Å². The van der Waals surface area contributed by atoms with Crippen LogP contribution < -0.4 is 0 Å². The summed E-state index contributed by atoms with van der Waals surface area (Å²) in [6, 6.07) is 14.3. The molecular formula is C21H24I2. The number of hydrogen-bond donors (Lipinski definition) is 0. The second-order valence-corrected chi connectivity index (χ2v) is 8.73. The minimum atomic E-state index is 0.133. The van der Waals surface area contributed by atoms with Gasteiger partial charge in [-0.2, -0.15) is 0 Å². The molecule has 0 aliphatic heterocycles. The largest absolute Gasteiger partial charge is 0.0812 e. The predicted octanol–water partition coefficient (Wildman–Crippen LogP) is 7.14. The number of fused-ring (bicyclic) bond motifs is 3. The van der Waals surface area contributed by atoms with Crippen LogP contribution >= 0.6 is 45.2 Å². The van der Waals surface area contributed by atoms with Crippen LogP contribution in [-0.4, -0.2) is 0 Å². The summed E-state index contributed by atoms with van der Waals surface area (Å²) in [7, 11) is 0. The lowest BCUT2D eigenvalue weighted by molar-refractivity contribution is 0.280. The first-order valence-electron chi connectivity index (χ1n) is 8.35. The van der Waals surface area contributed by atoms with Crippen LogP contribution in [0.1, 0.15) is 49.9 Å². The van der Waals surface area contributed by atoms with Gasteiger partial charge in [0.25, 0.3) is 0 Å². The van der Waals surface area contributed by atoms with Crippen LogP contribution in [0.4, 0.5) is 0 Å². The van der Waals surface area contributed by atoms with Crippen LogP contribution in [-0.2, 0) is 14.3 Å². The number of alkyl halides is 2. The van der Waals surface area contributed by atoms with E-state index in [0.29, 0.717) is 11.8 Å². The Balaban J connectivity index is 2.39. The fraction of sp³-hybridized carbons (Fsp3) is 0.429. The molecule has 0 saturated carbocycles. The van der Waals surface area contributed by atoms with Gasteiger partial charge in [0.05, 0.1) is 0 Å². The molecule has 23 heavy (non-hydrogen) atoms. The van der Waals surface area contributed by atoms with Crippen molar-refractivity contribution in [2.24, 2.45) is 11.8 Å². The highest BCUT2D eigenvalue weighted by Crippen LogP contribution is 2.56. The molecule has 122 valence electrons. The van der Waals surface area contributed by atoms with Crippen molar-refractivity contribution in [2.75, 3.05) is 0 Å². The van der Waals surface area contributed by atoms with Crippen molar-refractivity contribution in [3.05, 3.63) is 58.7 Å². The first-order valence-corrected chi connectivity index (χ1v) is 11.4. The van der Waals surface area contributed by atoms with E-state index < -0.39 is 0 Å². The molecule has 0 spiro atoms. The zero-order valence-corrected chi connectivity index (χ0v) is 18.6. The van der Waals surface area contributed by atoms with E-state index in [1.807, 2.05) is 0 Å². The zero-order valence-electron chi connectivity index (χ0n) is 14.3. The van der Waals surface area contributed by atoms with E-state index in [0.717, 1.165) is 8.86 Å². The summed E-state index contributed by atoms with van der Waals surface area (Å²) < 4.78 is 2.15. The van der Waals surface area contributed by atoms with Gasteiger partial charge >= 0.3 is 0 Å². The smallest absolute Gasteiger partial charge is 0.0261 e. The summed E-state index contributed by atoms with van der Waals surface area (Å²) in [4.78, 5) is 0. The van der Waals surface area contributed by atoms with Crippen molar-refractivity contribution >= 4 is 45.2 Å². The summed E-state index contributed by atoms with van der Waals surface area (Å²) in [5.74, 6) is 1.16. The molecule has 0 unspecified atom stereocenters. The van der Waals surface area contributed by atoms with Crippen LogP contribution in [0.25, 0.3) is 11.1 Å². The first kappa shape index (κ1) is 17.7. The van der Waals surface area contributed by atoms with Crippen LogP contribution in [0.15, 0.2) is 36.4 Å². The van der Waals surface area contributed by atoms with E-state index >= 15 is 0 Å². The van der Waals surface area contributed by atoms with Crippen LogP contribution in [0.3, 0.4) is 0 Å². The Labute approximate surface area is 167 Å². The second kappa shape index (κ2) is 6.66. The average molecular weight is 530 g/mol. The number of hydrogen-bond acceptors (Lipinski definition) is 0. The van der Waals surface area contributed by atoms with E-state index in [9.17, 15) is 0 Å². The quantitative estimate of drug-likeness (QED) is 0.292. The summed E-state index contributed by atoms with van der Waals surface area (Å²) >= 11 is 4.95. The lowest BCUT2D eigenvalue weighted by atomic mass is 9.62. The maximum atomic E-state index is 2.48. The number of benzene rings is 2. The molecule has 2 heteroatoms. The lowest BCUT2D eigenvalue weighted by Gasteiger charge is -2.40. The highest BCUT2D eigenvalue weighted by Gasteiger charge is 2.47. The molecule has 0 saturated heterocycles. The molecule has 0 radical (unpaired) electrons. The Morgan fingerprint density at radius 2 is 1.13 bits per heavy atom.